The van der Waals surface area contributed by atoms with Gasteiger partial charge in [0.2, 0.25) is 0 Å². The summed E-state index contributed by atoms with van der Waals surface area (Å²) >= 11 is 0. The third-order valence-electron chi connectivity index (χ3n) is 2.25. The first-order valence-corrected chi connectivity index (χ1v) is 5.07. The predicted octanol–water partition coefficient (Wildman–Crippen LogP) is 2.88. The third kappa shape index (κ3) is 3.92. The van der Waals surface area contributed by atoms with E-state index >= 15 is 0 Å². The minimum atomic E-state index is -0.358. The fourth-order valence-electron chi connectivity index (χ4n) is 1.57. The van der Waals surface area contributed by atoms with Gasteiger partial charge in [-0.1, -0.05) is 12.5 Å². The fourth-order valence-corrected chi connectivity index (χ4v) is 1.57. The summed E-state index contributed by atoms with van der Waals surface area (Å²) in [4.78, 5) is 0. The molecule has 0 N–H and O–H groups in total. The number of unbranched alkanes of at least 4 members (excludes halogenated alkanes) is 2. The molecule has 1 aliphatic heterocycles. The first kappa shape index (κ1) is 10.7. The zero-order valence-electron chi connectivity index (χ0n) is 8.71. The Bertz CT molecular complexity index is 163. The van der Waals surface area contributed by atoms with Crippen LogP contribution in [0.2, 0.25) is 0 Å². The smallest absolute Gasteiger partial charge is 0.163 e. The van der Waals surface area contributed by atoms with Crippen LogP contribution in [0.25, 0.3) is 0 Å². The number of rotatable bonds is 5. The highest BCUT2D eigenvalue weighted by Gasteiger charge is 2.31. The number of ether oxygens (including phenoxy) is 2. The Morgan fingerprint density at radius 2 is 2.23 bits per heavy atom. The van der Waals surface area contributed by atoms with Crippen LogP contribution in [-0.2, 0) is 9.47 Å². The van der Waals surface area contributed by atoms with Gasteiger partial charge < -0.3 is 9.47 Å². The lowest BCUT2D eigenvalue weighted by atomic mass is 10.1. The van der Waals surface area contributed by atoms with Crippen LogP contribution in [-0.4, -0.2) is 18.5 Å². The summed E-state index contributed by atoms with van der Waals surface area (Å²) in [6, 6.07) is 0. The van der Waals surface area contributed by atoms with Crippen LogP contribution in [0, 0.1) is 0 Å². The van der Waals surface area contributed by atoms with Crippen molar-refractivity contribution in [3.8, 4) is 0 Å². The van der Waals surface area contributed by atoms with E-state index < -0.39 is 0 Å². The van der Waals surface area contributed by atoms with Crippen molar-refractivity contribution in [3.05, 3.63) is 12.7 Å². The van der Waals surface area contributed by atoms with Gasteiger partial charge in [0.05, 0.1) is 12.7 Å². The molecule has 13 heavy (non-hydrogen) atoms. The molecule has 0 bridgehead atoms. The number of hydrogen-bond acceptors (Lipinski definition) is 2. The van der Waals surface area contributed by atoms with Gasteiger partial charge in [-0.05, 0) is 33.1 Å². The predicted molar refractivity (Wildman–Crippen MR) is 53.6 cm³/mol. The lowest BCUT2D eigenvalue weighted by molar-refractivity contribution is -0.139. The Morgan fingerprint density at radius 1 is 1.46 bits per heavy atom. The van der Waals surface area contributed by atoms with Crippen LogP contribution in [0.1, 0.15) is 39.5 Å². The van der Waals surface area contributed by atoms with Crippen LogP contribution in [0.3, 0.4) is 0 Å². The molecule has 0 amide bonds. The lowest BCUT2D eigenvalue weighted by Crippen LogP contribution is -2.21. The van der Waals surface area contributed by atoms with E-state index in [0.29, 0.717) is 6.10 Å². The summed E-state index contributed by atoms with van der Waals surface area (Å²) in [5.74, 6) is -0.358. The maximum absolute atomic E-state index is 5.68. The summed E-state index contributed by atoms with van der Waals surface area (Å²) in [6.07, 6.45) is 6.91. The molecule has 1 saturated heterocycles. The molecule has 2 heteroatoms. The van der Waals surface area contributed by atoms with Gasteiger partial charge in [-0.2, -0.15) is 0 Å². The van der Waals surface area contributed by atoms with Gasteiger partial charge in [-0.15, -0.1) is 6.58 Å². The van der Waals surface area contributed by atoms with Crippen molar-refractivity contribution in [2.45, 2.75) is 51.4 Å². The molecular weight excluding hydrogens is 164 g/mol. The minimum absolute atomic E-state index is 0.305. The zero-order chi connectivity index (χ0) is 9.73. The Balaban J connectivity index is 2.07. The van der Waals surface area contributed by atoms with E-state index in [1.807, 2.05) is 19.9 Å². The first-order valence-electron chi connectivity index (χ1n) is 5.07. The highest BCUT2D eigenvalue weighted by atomic mass is 16.7. The summed E-state index contributed by atoms with van der Waals surface area (Å²) in [5, 5.41) is 0. The fraction of sp³-hybridized carbons (Fsp3) is 0.818. The van der Waals surface area contributed by atoms with Crippen LogP contribution < -0.4 is 0 Å². The SMILES string of the molecule is C=CCCCC[C@@H]1COC(C)(C)O1. The molecular formula is C11H20O2. The summed E-state index contributed by atoms with van der Waals surface area (Å²) in [7, 11) is 0. The van der Waals surface area contributed by atoms with Gasteiger partial charge in [-0.25, -0.2) is 0 Å². The van der Waals surface area contributed by atoms with Crippen molar-refractivity contribution in [1.29, 1.82) is 0 Å². The Hall–Kier alpha value is -0.340. The van der Waals surface area contributed by atoms with Crippen LogP contribution in [0.15, 0.2) is 12.7 Å². The molecule has 0 aliphatic carbocycles. The molecule has 1 heterocycles. The van der Waals surface area contributed by atoms with Gasteiger partial charge in [-0.3, -0.25) is 0 Å². The minimum Gasteiger partial charge on any atom is -0.348 e. The molecule has 0 aromatic rings. The summed E-state index contributed by atoms with van der Waals surface area (Å²) in [6.45, 7) is 8.39. The third-order valence-corrected chi connectivity index (χ3v) is 2.25. The maximum atomic E-state index is 5.68. The Kier molecular flexibility index (Phi) is 3.94. The molecule has 0 aromatic heterocycles. The average molecular weight is 184 g/mol. The summed E-state index contributed by atoms with van der Waals surface area (Å²) < 4.78 is 11.1. The maximum Gasteiger partial charge on any atom is 0.163 e. The van der Waals surface area contributed by atoms with Crippen molar-refractivity contribution in [2.24, 2.45) is 0 Å². The van der Waals surface area contributed by atoms with Gasteiger partial charge in [0.1, 0.15) is 0 Å². The van der Waals surface area contributed by atoms with E-state index in [4.69, 9.17) is 9.47 Å². The van der Waals surface area contributed by atoms with Crippen molar-refractivity contribution < 1.29 is 9.47 Å². The molecule has 0 unspecified atom stereocenters. The Morgan fingerprint density at radius 3 is 2.77 bits per heavy atom. The van der Waals surface area contributed by atoms with E-state index in [0.717, 1.165) is 19.4 Å². The molecule has 1 aliphatic rings. The van der Waals surface area contributed by atoms with E-state index in [2.05, 4.69) is 6.58 Å². The van der Waals surface area contributed by atoms with Gasteiger partial charge >= 0.3 is 0 Å². The highest BCUT2D eigenvalue weighted by Crippen LogP contribution is 2.25. The normalized spacial score (nSPS) is 26.2. The molecule has 1 fully saturated rings. The van der Waals surface area contributed by atoms with E-state index in [1.165, 1.54) is 12.8 Å². The lowest BCUT2D eigenvalue weighted by Gasteiger charge is -2.16. The largest absolute Gasteiger partial charge is 0.348 e. The van der Waals surface area contributed by atoms with Crippen LogP contribution >= 0.6 is 0 Å². The number of hydrogen-bond donors (Lipinski definition) is 0. The van der Waals surface area contributed by atoms with Crippen molar-refractivity contribution >= 4 is 0 Å². The van der Waals surface area contributed by atoms with E-state index in [-0.39, 0.29) is 5.79 Å². The number of allylic oxidation sites excluding steroid dienone is 1. The highest BCUT2D eigenvalue weighted by molar-refractivity contribution is 4.72. The molecule has 76 valence electrons. The molecule has 1 rings (SSSR count). The quantitative estimate of drug-likeness (QED) is 0.483. The zero-order valence-corrected chi connectivity index (χ0v) is 8.71. The molecule has 1 atom stereocenters. The molecule has 0 aromatic carbocycles. The molecule has 0 radical (unpaired) electrons. The van der Waals surface area contributed by atoms with Gasteiger partial charge in [0.15, 0.2) is 5.79 Å². The molecule has 2 nitrogen and oxygen atoms in total. The summed E-state index contributed by atoms with van der Waals surface area (Å²) in [5.41, 5.74) is 0. The van der Waals surface area contributed by atoms with E-state index in [9.17, 15) is 0 Å². The van der Waals surface area contributed by atoms with E-state index in [1.54, 1.807) is 0 Å². The van der Waals surface area contributed by atoms with Crippen molar-refractivity contribution in [3.63, 3.8) is 0 Å². The average Bonchev–Trinajstić information content (AvgIpc) is 2.40. The molecule has 0 spiro atoms. The second-order valence-corrected chi connectivity index (χ2v) is 4.02. The van der Waals surface area contributed by atoms with Crippen LogP contribution in [0.5, 0.6) is 0 Å². The monoisotopic (exact) mass is 184 g/mol. The molecule has 0 saturated carbocycles. The first-order chi connectivity index (χ1) is 6.14. The van der Waals surface area contributed by atoms with Crippen molar-refractivity contribution in [2.75, 3.05) is 6.61 Å². The topological polar surface area (TPSA) is 18.5 Å². The Labute approximate surface area is 80.9 Å². The van der Waals surface area contributed by atoms with Crippen LogP contribution in [0.4, 0.5) is 0 Å². The van der Waals surface area contributed by atoms with Gasteiger partial charge in [0.25, 0.3) is 0 Å². The van der Waals surface area contributed by atoms with Crippen molar-refractivity contribution in [1.82, 2.24) is 0 Å². The van der Waals surface area contributed by atoms with Gasteiger partial charge in [0, 0.05) is 0 Å². The standard InChI is InChI=1S/C11H20O2/c1-4-5-6-7-8-10-9-12-11(2,3)13-10/h4,10H,1,5-9H2,2-3H3/t10-/m1/s1. The second-order valence-electron chi connectivity index (χ2n) is 4.02. The second kappa shape index (κ2) is 4.77.